The molecular formula is C15H16BrNO2S. The molecule has 20 heavy (non-hydrogen) atoms. The standard InChI is InChI=1S/C15H16BrNO2S/c1-15(12-16,13-8-4-2-5-9-13)17-20(18,19)14-10-6-3-7-11-14/h2-11,17H,12H2,1H3. The molecule has 0 aliphatic rings. The molecular weight excluding hydrogens is 338 g/mol. The smallest absolute Gasteiger partial charge is 0.207 e. The van der Waals surface area contributed by atoms with E-state index in [1.807, 2.05) is 37.3 Å². The fourth-order valence-electron chi connectivity index (χ4n) is 1.92. The summed E-state index contributed by atoms with van der Waals surface area (Å²) >= 11 is 3.41. The molecule has 0 aromatic heterocycles. The monoisotopic (exact) mass is 353 g/mol. The largest absolute Gasteiger partial charge is 0.241 e. The highest BCUT2D eigenvalue weighted by atomic mass is 79.9. The third-order valence-corrected chi connectivity index (χ3v) is 5.82. The Kier molecular flexibility index (Phi) is 4.62. The van der Waals surface area contributed by atoms with Gasteiger partial charge in [0, 0.05) is 5.33 Å². The van der Waals surface area contributed by atoms with Gasteiger partial charge < -0.3 is 0 Å². The lowest BCUT2D eigenvalue weighted by atomic mass is 9.96. The summed E-state index contributed by atoms with van der Waals surface area (Å²) in [5, 5.41) is 0.482. The molecule has 0 aliphatic carbocycles. The first-order valence-electron chi connectivity index (χ1n) is 6.18. The zero-order chi connectivity index (χ0) is 14.6. The van der Waals surface area contributed by atoms with Gasteiger partial charge >= 0.3 is 0 Å². The highest BCUT2D eigenvalue weighted by Gasteiger charge is 2.31. The van der Waals surface area contributed by atoms with Crippen molar-refractivity contribution in [2.24, 2.45) is 0 Å². The van der Waals surface area contributed by atoms with E-state index < -0.39 is 15.6 Å². The Hall–Kier alpha value is -1.17. The maximum absolute atomic E-state index is 12.4. The maximum Gasteiger partial charge on any atom is 0.241 e. The summed E-state index contributed by atoms with van der Waals surface area (Å²) in [6.45, 7) is 1.86. The van der Waals surface area contributed by atoms with E-state index in [4.69, 9.17) is 0 Å². The second kappa shape index (κ2) is 6.08. The zero-order valence-electron chi connectivity index (χ0n) is 11.1. The van der Waals surface area contributed by atoms with E-state index in [1.54, 1.807) is 30.3 Å². The molecule has 2 aromatic carbocycles. The number of halogens is 1. The fraction of sp³-hybridized carbons (Fsp3) is 0.200. The van der Waals surface area contributed by atoms with Gasteiger partial charge in [-0.05, 0) is 24.6 Å². The van der Waals surface area contributed by atoms with Crippen molar-refractivity contribution in [2.75, 3.05) is 5.33 Å². The van der Waals surface area contributed by atoms with Crippen molar-refractivity contribution in [3.05, 3.63) is 66.2 Å². The number of hydrogen-bond donors (Lipinski definition) is 1. The van der Waals surface area contributed by atoms with Gasteiger partial charge in [-0.25, -0.2) is 13.1 Å². The summed E-state index contributed by atoms with van der Waals surface area (Å²) in [6.07, 6.45) is 0. The molecule has 106 valence electrons. The van der Waals surface area contributed by atoms with Crippen LogP contribution in [0.2, 0.25) is 0 Å². The van der Waals surface area contributed by atoms with E-state index in [-0.39, 0.29) is 4.90 Å². The van der Waals surface area contributed by atoms with Crippen molar-refractivity contribution in [1.29, 1.82) is 0 Å². The molecule has 1 unspecified atom stereocenters. The molecule has 2 aromatic rings. The molecule has 0 saturated heterocycles. The van der Waals surface area contributed by atoms with Gasteiger partial charge in [0.2, 0.25) is 10.0 Å². The van der Waals surface area contributed by atoms with Crippen molar-refractivity contribution >= 4 is 26.0 Å². The van der Waals surface area contributed by atoms with Crippen LogP contribution in [0.15, 0.2) is 65.6 Å². The van der Waals surface area contributed by atoms with Crippen LogP contribution in [0.5, 0.6) is 0 Å². The third kappa shape index (κ3) is 3.29. The van der Waals surface area contributed by atoms with Crippen LogP contribution in [0.4, 0.5) is 0 Å². The molecule has 0 amide bonds. The maximum atomic E-state index is 12.4. The number of alkyl halides is 1. The van der Waals surface area contributed by atoms with E-state index in [9.17, 15) is 8.42 Å². The molecule has 3 nitrogen and oxygen atoms in total. The van der Waals surface area contributed by atoms with E-state index in [0.29, 0.717) is 5.33 Å². The zero-order valence-corrected chi connectivity index (χ0v) is 13.5. The van der Waals surface area contributed by atoms with E-state index in [0.717, 1.165) is 5.56 Å². The van der Waals surface area contributed by atoms with Gasteiger partial charge in [-0.2, -0.15) is 0 Å². The lowest BCUT2D eigenvalue weighted by Gasteiger charge is -2.29. The fourth-order valence-corrected chi connectivity index (χ4v) is 3.99. The van der Waals surface area contributed by atoms with Gasteiger partial charge in [-0.15, -0.1) is 0 Å². The Labute approximate surface area is 128 Å². The molecule has 0 heterocycles. The van der Waals surface area contributed by atoms with Gasteiger partial charge in [0.05, 0.1) is 10.4 Å². The van der Waals surface area contributed by atoms with Crippen LogP contribution in [0, 0.1) is 0 Å². The van der Waals surface area contributed by atoms with E-state index in [2.05, 4.69) is 20.7 Å². The number of hydrogen-bond acceptors (Lipinski definition) is 2. The average molecular weight is 354 g/mol. The minimum Gasteiger partial charge on any atom is -0.207 e. The first kappa shape index (κ1) is 15.2. The van der Waals surface area contributed by atoms with Crippen molar-refractivity contribution in [3.8, 4) is 0 Å². The number of nitrogens with one attached hydrogen (secondary N) is 1. The second-order valence-corrected chi connectivity index (χ2v) is 6.99. The molecule has 0 radical (unpaired) electrons. The lowest BCUT2D eigenvalue weighted by molar-refractivity contribution is 0.482. The molecule has 1 N–H and O–H groups in total. The molecule has 1 atom stereocenters. The summed E-state index contributed by atoms with van der Waals surface area (Å²) < 4.78 is 27.7. The van der Waals surface area contributed by atoms with Gasteiger partial charge in [0.15, 0.2) is 0 Å². The number of benzene rings is 2. The van der Waals surface area contributed by atoms with Crippen LogP contribution < -0.4 is 4.72 Å². The SMILES string of the molecule is CC(CBr)(NS(=O)(=O)c1ccccc1)c1ccccc1. The minimum atomic E-state index is -3.56. The number of rotatable bonds is 5. The quantitative estimate of drug-likeness (QED) is 0.838. The first-order valence-corrected chi connectivity index (χ1v) is 8.79. The van der Waals surface area contributed by atoms with Crippen LogP contribution in [-0.2, 0) is 15.6 Å². The van der Waals surface area contributed by atoms with Crippen LogP contribution in [0.25, 0.3) is 0 Å². The Morgan fingerprint density at radius 3 is 2.00 bits per heavy atom. The second-order valence-electron chi connectivity index (χ2n) is 4.75. The predicted octanol–water partition coefficient (Wildman–Crippen LogP) is 3.28. The highest BCUT2D eigenvalue weighted by molar-refractivity contribution is 9.09. The topological polar surface area (TPSA) is 46.2 Å². The third-order valence-electron chi connectivity index (χ3n) is 3.09. The van der Waals surface area contributed by atoms with E-state index in [1.165, 1.54) is 0 Å². The minimum absolute atomic E-state index is 0.267. The van der Waals surface area contributed by atoms with Crippen LogP contribution in [0.3, 0.4) is 0 Å². The van der Waals surface area contributed by atoms with Gasteiger partial charge in [0.1, 0.15) is 0 Å². The van der Waals surface area contributed by atoms with Crippen molar-refractivity contribution in [2.45, 2.75) is 17.4 Å². The summed E-state index contributed by atoms with van der Waals surface area (Å²) in [5.74, 6) is 0. The Bertz CT molecular complexity index is 659. The Balaban J connectivity index is 2.36. The highest BCUT2D eigenvalue weighted by Crippen LogP contribution is 2.25. The van der Waals surface area contributed by atoms with Gasteiger partial charge in [-0.3, -0.25) is 0 Å². The van der Waals surface area contributed by atoms with Crippen LogP contribution in [0.1, 0.15) is 12.5 Å². The van der Waals surface area contributed by atoms with E-state index >= 15 is 0 Å². The summed E-state index contributed by atoms with van der Waals surface area (Å²) in [4.78, 5) is 0.267. The Morgan fingerprint density at radius 2 is 1.50 bits per heavy atom. The lowest BCUT2D eigenvalue weighted by Crippen LogP contribution is -2.44. The van der Waals surface area contributed by atoms with Crippen molar-refractivity contribution in [3.63, 3.8) is 0 Å². The molecule has 0 fully saturated rings. The normalized spacial score (nSPS) is 14.7. The molecule has 0 saturated carbocycles. The summed E-state index contributed by atoms with van der Waals surface area (Å²) in [6, 6.07) is 17.9. The number of sulfonamides is 1. The average Bonchev–Trinajstić information content (AvgIpc) is 2.48. The summed E-state index contributed by atoms with van der Waals surface area (Å²) in [7, 11) is -3.56. The van der Waals surface area contributed by atoms with Crippen molar-refractivity contribution in [1.82, 2.24) is 4.72 Å². The Morgan fingerprint density at radius 1 is 1.00 bits per heavy atom. The molecule has 0 spiro atoms. The van der Waals surface area contributed by atoms with Crippen molar-refractivity contribution < 1.29 is 8.42 Å². The molecule has 2 rings (SSSR count). The first-order chi connectivity index (χ1) is 9.48. The molecule has 0 aliphatic heterocycles. The van der Waals surface area contributed by atoms with Crippen LogP contribution in [-0.4, -0.2) is 13.7 Å². The van der Waals surface area contributed by atoms with Gasteiger partial charge in [-0.1, -0.05) is 64.5 Å². The summed E-state index contributed by atoms with van der Waals surface area (Å²) in [5.41, 5.74) is 0.215. The van der Waals surface area contributed by atoms with Gasteiger partial charge in [0.25, 0.3) is 0 Å². The predicted molar refractivity (Wildman–Crippen MR) is 84.4 cm³/mol. The van der Waals surface area contributed by atoms with Crippen LogP contribution >= 0.6 is 15.9 Å². The molecule has 5 heteroatoms. The molecule has 0 bridgehead atoms.